The summed E-state index contributed by atoms with van der Waals surface area (Å²) in [5.74, 6) is 1.01. The van der Waals surface area contributed by atoms with Gasteiger partial charge in [0.25, 0.3) is 0 Å². The molecule has 3 aliphatic rings. The summed E-state index contributed by atoms with van der Waals surface area (Å²) in [4.78, 5) is 11.9. The van der Waals surface area contributed by atoms with Crippen LogP contribution in [0.4, 0.5) is 0 Å². The maximum absolute atomic E-state index is 11.9. The molecule has 0 amide bonds. The van der Waals surface area contributed by atoms with Gasteiger partial charge in [0.05, 0.1) is 0 Å². The van der Waals surface area contributed by atoms with Gasteiger partial charge in [-0.1, -0.05) is 28.8 Å². The van der Waals surface area contributed by atoms with Crippen LogP contribution in [0, 0.1) is 11.8 Å². The number of carbonyl (C=O) groups excluding carboxylic acids is 1. The van der Waals surface area contributed by atoms with Gasteiger partial charge >= 0.3 is 0 Å². The van der Waals surface area contributed by atoms with E-state index in [0.717, 1.165) is 43.3 Å². The van der Waals surface area contributed by atoms with E-state index in [-0.39, 0.29) is 5.92 Å². The highest BCUT2D eigenvalue weighted by Crippen LogP contribution is 2.57. The molecule has 2 unspecified atom stereocenters. The summed E-state index contributed by atoms with van der Waals surface area (Å²) in [6, 6.07) is 0. The maximum atomic E-state index is 11.9. The fourth-order valence-corrected chi connectivity index (χ4v) is 4.01. The summed E-state index contributed by atoms with van der Waals surface area (Å²) in [5.41, 5.74) is 3.57. The van der Waals surface area contributed by atoms with Gasteiger partial charge in [0.2, 0.25) is 0 Å². The van der Waals surface area contributed by atoms with Crippen LogP contribution >= 0.6 is 23.2 Å². The molecular weight excluding hydrogens is 231 g/mol. The van der Waals surface area contributed by atoms with Crippen LogP contribution in [0.5, 0.6) is 0 Å². The van der Waals surface area contributed by atoms with Crippen LogP contribution in [0.3, 0.4) is 0 Å². The van der Waals surface area contributed by atoms with Gasteiger partial charge in [0.15, 0.2) is 5.78 Å². The van der Waals surface area contributed by atoms with E-state index in [9.17, 15) is 4.79 Å². The second kappa shape index (κ2) is 3.36. The molecule has 2 atom stereocenters. The van der Waals surface area contributed by atoms with Crippen molar-refractivity contribution in [2.75, 3.05) is 0 Å². The average molecular weight is 243 g/mol. The number of ketones is 1. The molecule has 0 aromatic heterocycles. The highest BCUT2D eigenvalue weighted by atomic mass is 35.5. The van der Waals surface area contributed by atoms with Crippen molar-refractivity contribution in [3.63, 3.8) is 0 Å². The lowest BCUT2D eigenvalue weighted by atomic mass is 9.81. The van der Waals surface area contributed by atoms with Gasteiger partial charge in [-0.15, -0.1) is 0 Å². The zero-order valence-electron chi connectivity index (χ0n) is 8.35. The van der Waals surface area contributed by atoms with Gasteiger partial charge in [-0.3, -0.25) is 4.79 Å². The summed E-state index contributed by atoms with van der Waals surface area (Å²) in [6.07, 6.45) is 5.00. The molecule has 3 aliphatic carbocycles. The number of halogens is 2. The summed E-state index contributed by atoms with van der Waals surface area (Å²) in [5, 5.41) is 0. The molecule has 0 saturated heterocycles. The highest BCUT2D eigenvalue weighted by Gasteiger charge is 2.47. The van der Waals surface area contributed by atoms with Gasteiger partial charge in [0, 0.05) is 23.8 Å². The Kier molecular flexibility index (Phi) is 2.22. The lowest BCUT2D eigenvalue weighted by molar-refractivity contribution is -0.116. The van der Waals surface area contributed by atoms with E-state index >= 15 is 0 Å². The van der Waals surface area contributed by atoms with Crippen LogP contribution in [0.2, 0.25) is 0 Å². The zero-order chi connectivity index (χ0) is 10.6. The molecule has 0 radical (unpaired) electrons. The maximum Gasteiger partial charge on any atom is 0.159 e. The second-order valence-electron chi connectivity index (χ2n) is 4.61. The van der Waals surface area contributed by atoms with Crippen LogP contribution in [-0.4, -0.2) is 5.78 Å². The van der Waals surface area contributed by atoms with Crippen LogP contribution in [-0.2, 0) is 4.79 Å². The Bertz CT molecular complexity index is 402. The number of carbonyl (C=O) groups is 1. The Balaban J connectivity index is 2.12. The van der Waals surface area contributed by atoms with Crippen molar-refractivity contribution >= 4 is 29.0 Å². The minimum Gasteiger partial charge on any atom is -0.295 e. The van der Waals surface area contributed by atoms with Gasteiger partial charge in [0.1, 0.15) is 4.49 Å². The number of allylic oxidation sites excluding steroid dienone is 3. The molecular formula is C12H12Cl2O. The minimum absolute atomic E-state index is 0.266. The largest absolute Gasteiger partial charge is 0.295 e. The van der Waals surface area contributed by atoms with Gasteiger partial charge in [-0.05, 0) is 31.3 Å². The summed E-state index contributed by atoms with van der Waals surface area (Å²) < 4.78 is 0.407. The Hall–Kier alpha value is -0.270. The van der Waals surface area contributed by atoms with E-state index in [4.69, 9.17) is 23.2 Å². The number of hydrogen-bond donors (Lipinski definition) is 0. The highest BCUT2D eigenvalue weighted by molar-refractivity contribution is 6.56. The molecule has 0 N–H and O–H groups in total. The number of Topliss-reactive ketones (excluding diaryl/α,β-unsaturated/α-hetero) is 1. The summed E-state index contributed by atoms with van der Waals surface area (Å²) >= 11 is 11.9. The average Bonchev–Trinajstić information content (AvgIpc) is 2.73. The van der Waals surface area contributed by atoms with Crippen LogP contribution in [0.25, 0.3) is 0 Å². The second-order valence-corrected chi connectivity index (χ2v) is 5.56. The lowest BCUT2D eigenvalue weighted by Gasteiger charge is -2.22. The third kappa shape index (κ3) is 1.26. The topological polar surface area (TPSA) is 17.1 Å². The first-order chi connectivity index (χ1) is 7.20. The molecule has 1 saturated carbocycles. The molecule has 3 heteroatoms. The Morgan fingerprint density at radius 3 is 2.53 bits per heavy atom. The van der Waals surface area contributed by atoms with Crippen molar-refractivity contribution in [1.82, 2.24) is 0 Å². The quantitative estimate of drug-likeness (QED) is 0.633. The van der Waals surface area contributed by atoms with Crippen molar-refractivity contribution < 1.29 is 4.79 Å². The third-order valence-corrected chi connectivity index (χ3v) is 4.41. The molecule has 0 aromatic rings. The van der Waals surface area contributed by atoms with Gasteiger partial charge in [-0.25, -0.2) is 0 Å². The minimum atomic E-state index is 0.266. The normalized spacial score (nSPS) is 33.7. The smallest absolute Gasteiger partial charge is 0.159 e. The van der Waals surface area contributed by atoms with Crippen molar-refractivity contribution in [1.29, 1.82) is 0 Å². The first-order valence-electron chi connectivity index (χ1n) is 5.51. The van der Waals surface area contributed by atoms with Crippen LogP contribution in [0.15, 0.2) is 21.2 Å². The standard InChI is InChI=1S/C12H12Cl2O/c13-12(14)11-7-4-5-8(11)10-6(7)2-1-3-9(10)15/h7-8H,1-5H2. The van der Waals surface area contributed by atoms with E-state index in [1.165, 1.54) is 5.57 Å². The third-order valence-electron chi connectivity index (χ3n) is 3.98. The molecule has 1 fully saturated rings. The first-order valence-corrected chi connectivity index (χ1v) is 6.27. The van der Waals surface area contributed by atoms with Gasteiger partial charge in [-0.2, -0.15) is 0 Å². The van der Waals surface area contributed by atoms with Crippen molar-refractivity contribution in [2.45, 2.75) is 32.1 Å². The molecule has 0 heterocycles. The molecule has 0 aromatic carbocycles. The molecule has 3 rings (SSSR count). The van der Waals surface area contributed by atoms with E-state index in [0.29, 0.717) is 16.2 Å². The van der Waals surface area contributed by atoms with Crippen molar-refractivity contribution in [3.05, 3.63) is 21.2 Å². The molecule has 0 aliphatic heterocycles. The van der Waals surface area contributed by atoms with Crippen molar-refractivity contribution in [3.8, 4) is 0 Å². The molecule has 0 spiro atoms. The molecule has 2 bridgehead atoms. The number of fused-ring (bicyclic) bond motifs is 4. The Labute approximate surface area is 99.1 Å². The van der Waals surface area contributed by atoms with E-state index < -0.39 is 0 Å². The SMILES string of the molecule is O=C1CCCC2=C1C1CCC2C1=C(Cl)Cl. The van der Waals surface area contributed by atoms with Crippen molar-refractivity contribution in [2.24, 2.45) is 11.8 Å². The predicted molar refractivity (Wildman–Crippen MR) is 60.8 cm³/mol. The van der Waals surface area contributed by atoms with Crippen LogP contribution < -0.4 is 0 Å². The molecule has 1 nitrogen and oxygen atoms in total. The summed E-state index contributed by atoms with van der Waals surface area (Å²) in [7, 11) is 0. The van der Waals surface area contributed by atoms with E-state index in [1.54, 1.807) is 0 Å². The Morgan fingerprint density at radius 2 is 1.87 bits per heavy atom. The van der Waals surface area contributed by atoms with E-state index in [1.807, 2.05) is 0 Å². The van der Waals surface area contributed by atoms with E-state index in [2.05, 4.69) is 0 Å². The zero-order valence-corrected chi connectivity index (χ0v) is 9.87. The number of hydrogen-bond acceptors (Lipinski definition) is 1. The monoisotopic (exact) mass is 242 g/mol. The first kappa shape index (κ1) is 9.92. The fourth-order valence-electron chi connectivity index (χ4n) is 3.48. The van der Waals surface area contributed by atoms with Crippen LogP contribution in [0.1, 0.15) is 32.1 Å². The Morgan fingerprint density at radius 1 is 1.13 bits per heavy atom. The molecule has 80 valence electrons. The molecule has 15 heavy (non-hydrogen) atoms. The predicted octanol–water partition coefficient (Wildman–Crippen LogP) is 3.77. The van der Waals surface area contributed by atoms with Gasteiger partial charge < -0.3 is 0 Å². The fraction of sp³-hybridized carbons (Fsp3) is 0.583. The number of rotatable bonds is 0. The lowest BCUT2D eigenvalue weighted by Crippen LogP contribution is -2.16. The summed E-state index contributed by atoms with van der Waals surface area (Å²) in [6.45, 7) is 0.